The van der Waals surface area contributed by atoms with Crippen LogP contribution in [0.25, 0.3) is 0 Å². The predicted octanol–water partition coefficient (Wildman–Crippen LogP) is 6.24. The Hall–Kier alpha value is -5.51. The largest absolute Gasteiger partial charge is 0.497 e. The highest BCUT2D eigenvalue weighted by molar-refractivity contribution is 6.02. The first-order valence-electron chi connectivity index (χ1n) is 13.6. The summed E-state index contributed by atoms with van der Waals surface area (Å²) in [5.74, 6) is -3.22. The summed E-state index contributed by atoms with van der Waals surface area (Å²) in [6.07, 6.45) is 0. The van der Waals surface area contributed by atoms with Gasteiger partial charge in [-0.15, -0.1) is 0 Å². The van der Waals surface area contributed by atoms with Gasteiger partial charge in [0, 0.05) is 29.3 Å². The second-order valence-electron chi connectivity index (χ2n) is 10.3. The number of hydrogen-bond donors (Lipinski definition) is 2. The molecule has 10 heteroatoms. The molecule has 1 aliphatic rings. The molecule has 0 spiro atoms. The summed E-state index contributed by atoms with van der Waals surface area (Å²) in [6, 6.07) is 24.6. The van der Waals surface area contributed by atoms with Gasteiger partial charge >= 0.3 is 12.0 Å². The van der Waals surface area contributed by atoms with E-state index in [2.05, 4.69) is 5.32 Å². The number of Topliss-reactive ketones (excluding diaryl/α,β-unsaturated/α-hetero) is 1. The number of nitro groups is 1. The zero-order valence-corrected chi connectivity index (χ0v) is 23.4. The van der Waals surface area contributed by atoms with E-state index in [4.69, 9.17) is 4.74 Å². The van der Waals surface area contributed by atoms with Crippen molar-refractivity contribution in [3.63, 3.8) is 0 Å². The van der Waals surface area contributed by atoms with Gasteiger partial charge in [0.05, 0.1) is 24.0 Å². The van der Waals surface area contributed by atoms with E-state index in [-0.39, 0.29) is 11.5 Å². The number of methoxy groups -OCH3 is 1. The number of anilines is 1. The van der Waals surface area contributed by atoms with Crippen LogP contribution in [-0.2, 0) is 4.79 Å². The van der Waals surface area contributed by atoms with Crippen molar-refractivity contribution in [3.8, 4) is 5.75 Å². The molecule has 1 heterocycles. The van der Waals surface area contributed by atoms with Crippen molar-refractivity contribution in [2.75, 3.05) is 12.4 Å². The number of hydrogen-bond acceptors (Lipinski definition) is 6. The monoisotopic (exact) mass is 579 g/mol. The van der Waals surface area contributed by atoms with Gasteiger partial charge in [0.15, 0.2) is 5.78 Å². The van der Waals surface area contributed by atoms with Crippen LogP contribution in [0.15, 0.2) is 103 Å². The number of carbonyl (C=O) groups is 3. The molecule has 4 aromatic carbocycles. The Kier molecular flexibility index (Phi) is 8.20. The molecule has 4 aromatic rings. The number of urea groups is 1. The second kappa shape index (κ2) is 12.2. The van der Waals surface area contributed by atoms with E-state index >= 15 is 0 Å². The summed E-state index contributed by atoms with van der Waals surface area (Å²) in [5.41, 5.74) is 2.52. The Morgan fingerprint density at radius 3 is 2.02 bits per heavy atom. The Labute approximate surface area is 247 Å². The Morgan fingerprint density at radius 1 is 0.860 bits per heavy atom. The number of carboxylic acids is 1. The fourth-order valence-corrected chi connectivity index (χ4v) is 5.74. The Balaban J connectivity index is 1.72. The molecule has 4 unspecified atom stereocenters. The molecule has 43 heavy (non-hydrogen) atoms. The van der Waals surface area contributed by atoms with Crippen molar-refractivity contribution in [3.05, 3.63) is 135 Å². The van der Waals surface area contributed by atoms with Crippen molar-refractivity contribution in [2.45, 2.75) is 24.9 Å². The van der Waals surface area contributed by atoms with Crippen molar-refractivity contribution < 1.29 is 29.2 Å². The number of non-ortho nitro benzene ring substituents is 1. The zero-order chi connectivity index (χ0) is 30.7. The molecule has 5 rings (SSSR count). The number of ketones is 1. The minimum atomic E-state index is -1.49. The lowest BCUT2D eigenvalue weighted by molar-refractivity contribution is -0.384. The quantitative estimate of drug-likeness (QED) is 0.143. The number of amides is 2. The average Bonchev–Trinajstić information content (AvgIpc) is 3.39. The molecule has 10 nitrogen and oxygen atoms in total. The molecular formula is C33H29N3O7. The third-order valence-electron chi connectivity index (χ3n) is 7.76. The summed E-state index contributed by atoms with van der Waals surface area (Å²) in [6.45, 7) is 1.90. The van der Waals surface area contributed by atoms with E-state index in [1.54, 1.807) is 66.7 Å². The summed E-state index contributed by atoms with van der Waals surface area (Å²) in [4.78, 5) is 53.6. The summed E-state index contributed by atoms with van der Waals surface area (Å²) in [7, 11) is 1.51. The molecule has 218 valence electrons. The maximum atomic E-state index is 14.4. The van der Waals surface area contributed by atoms with Gasteiger partial charge in [-0.1, -0.05) is 72.3 Å². The van der Waals surface area contributed by atoms with Crippen LogP contribution in [0.3, 0.4) is 0 Å². The lowest BCUT2D eigenvalue weighted by atomic mass is 9.76. The molecule has 2 amide bonds. The SMILES string of the molecule is COc1ccc(C2C(C(=O)c3ccccc3)C(c3ccc([N+](=O)[O-])cc3)C(C(=O)O)N2C(=O)Nc2ccc(C)cc2)cc1. The molecule has 0 aromatic heterocycles. The maximum absolute atomic E-state index is 14.4. The average molecular weight is 580 g/mol. The standard InChI is InChI=1S/C33H29N3O7/c1-20-8-14-24(15-9-20)34-33(40)35-29(22-12-18-26(43-2)19-13-22)28(31(37)23-6-4-3-5-7-23)27(30(35)32(38)39)21-10-16-25(17-11-21)36(41)42/h3-19,27-30H,1-2H3,(H,34,40)(H,38,39). The van der Waals surface area contributed by atoms with Crippen LogP contribution >= 0.6 is 0 Å². The van der Waals surface area contributed by atoms with Gasteiger partial charge in [0.1, 0.15) is 11.8 Å². The van der Waals surface area contributed by atoms with Crippen LogP contribution in [0.4, 0.5) is 16.2 Å². The van der Waals surface area contributed by atoms with Crippen molar-refractivity contribution in [1.82, 2.24) is 4.90 Å². The minimum Gasteiger partial charge on any atom is -0.497 e. The first kappa shape index (κ1) is 29.0. The number of nitrogens with zero attached hydrogens (tertiary/aromatic N) is 2. The second-order valence-corrected chi connectivity index (χ2v) is 10.3. The molecule has 1 saturated heterocycles. The van der Waals surface area contributed by atoms with Crippen LogP contribution in [0, 0.1) is 23.0 Å². The molecular weight excluding hydrogens is 550 g/mol. The highest BCUT2D eigenvalue weighted by Gasteiger charge is 2.57. The van der Waals surface area contributed by atoms with E-state index in [9.17, 15) is 29.6 Å². The topological polar surface area (TPSA) is 139 Å². The van der Waals surface area contributed by atoms with E-state index in [1.165, 1.54) is 36.3 Å². The maximum Gasteiger partial charge on any atom is 0.327 e. The third kappa shape index (κ3) is 5.80. The fraction of sp³-hybridized carbons (Fsp3) is 0.182. The normalized spacial score (nSPS) is 19.4. The first-order chi connectivity index (χ1) is 20.7. The van der Waals surface area contributed by atoms with Crippen molar-refractivity contribution in [1.29, 1.82) is 0 Å². The van der Waals surface area contributed by atoms with E-state index in [1.807, 2.05) is 19.1 Å². The number of nitro benzene ring substituents is 1. The molecule has 0 radical (unpaired) electrons. The Bertz CT molecular complexity index is 1640. The third-order valence-corrected chi connectivity index (χ3v) is 7.76. The molecule has 0 saturated carbocycles. The van der Waals surface area contributed by atoms with Crippen LogP contribution in [0.5, 0.6) is 5.75 Å². The first-order valence-corrected chi connectivity index (χ1v) is 13.6. The van der Waals surface area contributed by atoms with Gasteiger partial charge in [-0.2, -0.15) is 0 Å². The van der Waals surface area contributed by atoms with Crippen LogP contribution in [0.2, 0.25) is 0 Å². The molecule has 0 bridgehead atoms. The Morgan fingerprint density at radius 2 is 1.47 bits per heavy atom. The number of aliphatic carboxylic acids is 1. The van der Waals surface area contributed by atoms with Gasteiger partial charge in [-0.3, -0.25) is 14.9 Å². The zero-order valence-electron chi connectivity index (χ0n) is 23.4. The highest BCUT2D eigenvalue weighted by atomic mass is 16.6. The summed E-state index contributed by atoms with van der Waals surface area (Å²) in [5, 5.41) is 24.9. The molecule has 4 atom stereocenters. The summed E-state index contributed by atoms with van der Waals surface area (Å²) >= 11 is 0. The number of ether oxygens (including phenoxy) is 1. The number of carbonyl (C=O) groups excluding carboxylic acids is 2. The number of nitrogens with one attached hydrogen (secondary N) is 1. The van der Waals surface area contributed by atoms with Gasteiger partial charge in [-0.25, -0.2) is 9.59 Å². The lowest BCUT2D eigenvalue weighted by Crippen LogP contribution is -2.45. The van der Waals surface area contributed by atoms with Gasteiger partial charge in [0.2, 0.25) is 0 Å². The van der Waals surface area contributed by atoms with E-state index in [0.717, 1.165) is 5.56 Å². The number of rotatable bonds is 8. The number of aryl methyl sites for hydroxylation is 1. The van der Waals surface area contributed by atoms with Gasteiger partial charge in [-0.05, 0) is 42.3 Å². The van der Waals surface area contributed by atoms with Crippen molar-refractivity contribution >= 4 is 29.2 Å². The van der Waals surface area contributed by atoms with Crippen LogP contribution in [0.1, 0.15) is 39.0 Å². The summed E-state index contributed by atoms with van der Waals surface area (Å²) < 4.78 is 5.31. The molecule has 0 aliphatic carbocycles. The number of carboxylic acid groups (broad SMARTS) is 1. The van der Waals surface area contributed by atoms with Crippen molar-refractivity contribution in [2.24, 2.45) is 5.92 Å². The highest BCUT2D eigenvalue weighted by Crippen LogP contribution is 2.51. The number of benzene rings is 4. The van der Waals surface area contributed by atoms with Crippen LogP contribution in [-0.4, -0.2) is 45.9 Å². The van der Waals surface area contributed by atoms with Crippen LogP contribution < -0.4 is 10.1 Å². The predicted molar refractivity (Wildman–Crippen MR) is 159 cm³/mol. The molecule has 2 N–H and O–H groups in total. The van der Waals surface area contributed by atoms with E-state index in [0.29, 0.717) is 28.1 Å². The lowest BCUT2D eigenvalue weighted by Gasteiger charge is -2.30. The van der Waals surface area contributed by atoms with E-state index < -0.39 is 40.8 Å². The fourth-order valence-electron chi connectivity index (χ4n) is 5.74. The van der Waals surface area contributed by atoms with Gasteiger partial charge in [0.25, 0.3) is 5.69 Å². The molecule has 1 aliphatic heterocycles. The number of likely N-dealkylation sites (tertiary alicyclic amines) is 1. The molecule has 1 fully saturated rings. The smallest absolute Gasteiger partial charge is 0.327 e. The van der Waals surface area contributed by atoms with Gasteiger partial charge < -0.3 is 20.1 Å². The minimum absolute atomic E-state index is 0.180.